The summed E-state index contributed by atoms with van der Waals surface area (Å²) in [7, 11) is 0. The predicted octanol–water partition coefficient (Wildman–Crippen LogP) is 2.96. The lowest BCUT2D eigenvalue weighted by Crippen LogP contribution is -2.46. The first kappa shape index (κ1) is 17.2. The van der Waals surface area contributed by atoms with Gasteiger partial charge in [0.15, 0.2) is 6.23 Å². The molecule has 2 aliphatic heterocycles. The third-order valence-corrected chi connectivity index (χ3v) is 4.95. The summed E-state index contributed by atoms with van der Waals surface area (Å²) in [6.45, 7) is 0.322. The second-order valence-electron chi connectivity index (χ2n) is 6.82. The molecule has 2 aromatic rings. The van der Waals surface area contributed by atoms with E-state index < -0.39 is 6.10 Å². The second kappa shape index (κ2) is 7.21. The molecule has 3 atom stereocenters. The van der Waals surface area contributed by atoms with Crippen molar-refractivity contribution in [3.8, 4) is 11.5 Å². The fourth-order valence-electron chi connectivity index (χ4n) is 3.53. The molecular weight excluding hydrogens is 340 g/mol. The maximum Gasteiger partial charge on any atom is 0.150 e. The molecule has 26 heavy (non-hydrogen) atoms. The number of ether oxygens (including phenoxy) is 2. The van der Waals surface area contributed by atoms with E-state index in [-0.39, 0.29) is 24.0 Å². The van der Waals surface area contributed by atoms with Gasteiger partial charge in [0.1, 0.15) is 35.3 Å². The van der Waals surface area contributed by atoms with Gasteiger partial charge in [0.2, 0.25) is 0 Å². The zero-order valence-electron chi connectivity index (χ0n) is 14.3. The Labute approximate surface area is 150 Å². The topological polar surface area (TPSA) is 50.7 Å². The van der Waals surface area contributed by atoms with Crippen molar-refractivity contribution in [2.24, 2.45) is 0 Å². The molecule has 0 spiro atoms. The van der Waals surface area contributed by atoms with Crippen LogP contribution in [0.4, 0.5) is 8.78 Å². The highest BCUT2D eigenvalue weighted by atomic mass is 19.1. The van der Waals surface area contributed by atoms with Crippen LogP contribution < -0.4 is 14.8 Å². The predicted molar refractivity (Wildman–Crippen MR) is 92.3 cm³/mol. The standard InChI is InChI=1S/C20H21F2NO3/c21-14-3-6-17-12(9-14)1-5-19(25-17)16(24)11-23-20-8-2-13-10-15(22)4-7-18(13)26-20/h3-4,6-7,9-10,16,19-20,23-24H,1-2,5,8,11H2. The van der Waals surface area contributed by atoms with Crippen LogP contribution in [-0.4, -0.2) is 30.1 Å². The number of hydrogen-bond acceptors (Lipinski definition) is 4. The van der Waals surface area contributed by atoms with Crippen molar-refractivity contribution in [2.75, 3.05) is 6.54 Å². The third kappa shape index (κ3) is 3.66. The lowest BCUT2D eigenvalue weighted by Gasteiger charge is -2.32. The summed E-state index contributed by atoms with van der Waals surface area (Å²) in [5.41, 5.74) is 1.70. The summed E-state index contributed by atoms with van der Waals surface area (Å²) in [6.07, 6.45) is 1.46. The average Bonchev–Trinajstić information content (AvgIpc) is 2.65. The Kier molecular flexibility index (Phi) is 4.78. The molecule has 0 fully saturated rings. The number of fused-ring (bicyclic) bond motifs is 2. The SMILES string of the molecule is OC(CNC1CCc2cc(F)ccc2O1)C1CCc2cc(F)ccc2O1. The minimum atomic E-state index is -0.702. The number of aliphatic hydroxyl groups excluding tert-OH is 1. The van der Waals surface area contributed by atoms with Gasteiger partial charge in [-0.3, -0.25) is 5.32 Å². The molecule has 2 heterocycles. The van der Waals surface area contributed by atoms with E-state index in [4.69, 9.17) is 9.47 Å². The Hall–Kier alpha value is -2.18. The number of benzene rings is 2. The fraction of sp³-hybridized carbons (Fsp3) is 0.400. The van der Waals surface area contributed by atoms with Crippen LogP contribution in [0.15, 0.2) is 36.4 Å². The molecule has 2 aromatic carbocycles. The number of nitrogens with one attached hydrogen (secondary N) is 1. The molecule has 4 nitrogen and oxygen atoms in total. The van der Waals surface area contributed by atoms with Gasteiger partial charge in [-0.2, -0.15) is 0 Å². The van der Waals surface area contributed by atoms with E-state index in [2.05, 4.69) is 5.32 Å². The first-order valence-electron chi connectivity index (χ1n) is 8.90. The Bertz CT molecular complexity index is 799. The molecule has 6 heteroatoms. The van der Waals surface area contributed by atoms with Gasteiger partial charge in [0, 0.05) is 13.0 Å². The number of rotatable bonds is 4. The molecule has 0 aliphatic carbocycles. The summed E-state index contributed by atoms with van der Waals surface area (Å²) in [4.78, 5) is 0. The van der Waals surface area contributed by atoms with Gasteiger partial charge in [0.25, 0.3) is 0 Å². The Balaban J connectivity index is 1.31. The van der Waals surface area contributed by atoms with Crippen molar-refractivity contribution < 1.29 is 23.4 Å². The van der Waals surface area contributed by atoms with Crippen molar-refractivity contribution in [2.45, 2.75) is 44.1 Å². The van der Waals surface area contributed by atoms with Crippen molar-refractivity contribution >= 4 is 0 Å². The molecular formula is C20H21F2NO3. The van der Waals surface area contributed by atoms with Gasteiger partial charge < -0.3 is 14.6 Å². The van der Waals surface area contributed by atoms with E-state index in [1.807, 2.05) is 0 Å². The van der Waals surface area contributed by atoms with E-state index in [0.717, 1.165) is 17.5 Å². The largest absolute Gasteiger partial charge is 0.487 e. The second-order valence-corrected chi connectivity index (χ2v) is 6.82. The van der Waals surface area contributed by atoms with Gasteiger partial charge >= 0.3 is 0 Å². The van der Waals surface area contributed by atoms with E-state index in [0.29, 0.717) is 37.3 Å². The Morgan fingerprint density at radius 2 is 1.58 bits per heavy atom. The van der Waals surface area contributed by atoms with Crippen molar-refractivity contribution in [3.05, 3.63) is 59.2 Å². The molecule has 0 amide bonds. The highest BCUT2D eigenvalue weighted by molar-refractivity contribution is 5.36. The average molecular weight is 361 g/mol. The van der Waals surface area contributed by atoms with Gasteiger partial charge in [0.05, 0.1) is 0 Å². The molecule has 0 aromatic heterocycles. The van der Waals surface area contributed by atoms with Crippen LogP contribution in [-0.2, 0) is 12.8 Å². The summed E-state index contributed by atoms with van der Waals surface area (Å²) < 4.78 is 38.1. The minimum Gasteiger partial charge on any atom is -0.487 e. The van der Waals surface area contributed by atoms with E-state index in [1.54, 1.807) is 12.1 Å². The van der Waals surface area contributed by atoms with E-state index in [9.17, 15) is 13.9 Å². The smallest absolute Gasteiger partial charge is 0.150 e. The summed E-state index contributed by atoms with van der Waals surface area (Å²) in [6, 6.07) is 8.96. The fourth-order valence-corrected chi connectivity index (χ4v) is 3.53. The highest BCUT2D eigenvalue weighted by Gasteiger charge is 2.28. The summed E-state index contributed by atoms with van der Waals surface area (Å²) >= 11 is 0. The van der Waals surface area contributed by atoms with Crippen LogP contribution in [0.2, 0.25) is 0 Å². The van der Waals surface area contributed by atoms with Crippen LogP contribution >= 0.6 is 0 Å². The number of aryl methyl sites for hydroxylation is 2. The van der Waals surface area contributed by atoms with Gasteiger partial charge in [-0.05, 0) is 66.8 Å². The molecule has 0 saturated carbocycles. The van der Waals surface area contributed by atoms with Crippen molar-refractivity contribution in [3.63, 3.8) is 0 Å². The molecule has 0 saturated heterocycles. The molecule has 3 unspecified atom stereocenters. The zero-order valence-corrected chi connectivity index (χ0v) is 14.3. The first-order valence-corrected chi connectivity index (χ1v) is 8.90. The normalized spacial score (nSPS) is 22.6. The number of halogens is 2. The maximum absolute atomic E-state index is 13.3. The Morgan fingerprint density at radius 3 is 2.27 bits per heavy atom. The first-order chi connectivity index (χ1) is 12.6. The van der Waals surface area contributed by atoms with Crippen LogP contribution in [0.1, 0.15) is 24.0 Å². The van der Waals surface area contributed by atoms with Gasteiger partial charge in [-0.25, -0.2) is 8.78 Å². The Morgan fingerprint density at radius 1 is 0.962 bits per heavy atom. The highest BCUT2D eigenvalue weighted by Crippen LogP contribution is 2.30. The van der Waals surface area contributed by atoms with Crippen LogP contribution in [0.3, 0.4) is 0 Å². The molecule has 2 aliphatic rings. The lowest BCUT2D eigenvalue weighted by atomic mass is 9.98. The van der Waals surface area contributed by atoms with Gasteiger partial charge in [-0.15, -0.1) is 0 Å². The third-order valence-electron chi connectivity index (χ3n) is 4.95. The van der Waals surface area contributed by atoms with Gasteiger partial charge in [-0.1, -0.05) is 0 Å². The molecule has 4 rings (SSSR count). The molecule has 138 valence electrons. The zero-order chi connectivity index (χ0) is 18.1. The minimum absolute atomic E-state index is 0.229. The molecule has 0 radical (unpaired) electrons. The van der Waals surface area contributed by atoms with E-state index in [1.165, 1.54) is 24.3 Å². The molecule has 0 bridgehead atoms. The summed E-state index contributed by atoms with van der Waals surface area (Å²) in [5.74, 6) is 0.771. The number of aliphatic hydroxyl groups is 1. The lowest BCUT2D eigenvalue weighted by molar-refractivity contribution is 0.0137. The van der Waals surface area contributed by atoms with Crippen molar-refractivity contribution in [1.82, 2.24) is 5.32 Å². The van der Waals surface area contributed by atoms with Crippen LogP contribution in [0, 0.1) is 11.6 Å². The van der Waals surface area contributed by atoms with Crippen LogP contribution in [0.5, 0.6) is 11.5 Å². The maximum atomic E-state index is 13.3. The number of hydrogen-bond donors (Lipinski definition) is 2. The monoisotopic (exact) mass is 361 g/mol. The summed E-state index contributed by atoms with van der Waals surface area (Å²) in [5, 5.41) is 13.7. The van der Waals surface area contributed by atoms with Crippen LogP contribution in [0.25, 0.3) is 0 Å². The van der Waals surface area contributed by atoms with Crippen molar-refractivity contribution in [1.29, 1.82) is 0 Å². The van der Waals surface area contributed by atoms with E-state index >= 15 is 0 Å². The molecule has 2 N–H and O–H groups in total. The quantitative estimate of drug-likeness (QED) is 0.879.